The zero-order valence-corrected chi connectivity index (χ0v) is 37.7. The van der Waals surface area contributed by atoms with Crippen molar-refractivity contribution in [2.24, 2.45) is 0 Å². The molecule has 0 aliphatic rings. The zero-order valence-electron chi connectivity index (χ0n) is 37.7. The number of hydrogen-bond acceptors (Lipinski definition) is 0. The highest BCUT2D eigenvalue weighted by molar-refractivity contribution is 5.94. The van der Waals surface area contributed by atoms with Crippen LogP contribution in [0.4, 0.5) is 26.3 Å². The maximum atomic E-state index is 13.8. The molecule has 0 aromatic heterocycles. The van der Waals surface area contributed by atoms with Crippen molar-refractivity contribution in [3.05, 3.63) is 297 Å². The molecule has 0 radical (unpaired) electrons. The van der Waals surface area contributed by atoms with E-state index in [9.17, 15) is 26.3 Å². The molecule has 6 heteroatoms. The molecule has 0 N–H and O–H groups in total. The zero-order chi connectivity index (χ0) is 48.5. The summed E-state index contributed by atoms with van der Waals surface area (Å²) < 4.78 is 82.8. The van der Waals surface area contributed by atoms with Gasteiger partial charge in [0.15, 0.2) is 0 Å². The molecule has 0 saturated carbocycles. The Bertz CT molecular complexity index is 2980. The van der Waals surface area contributed by atoms with Gasteiger partial charge in [-0.05, 0) is 138 Å². The van der Waals surface area contributed by atoms with E-state index >= 15 is 0 Å². The Morgan fingerprint density at radius 3 is 0.829 bits per heavy atom. The average molecular weight is 927 g/mol. The number of halogens is 6. The summed E-state index contributed by atoms with van der Waals surface area (Å²) in [5, 5.41) is 0. The molecule has 0 atom stereocenters. The van der Waals surface area contributed by atoms with Crippen molar-refractivity contribution in [1.29, 1.82) is 0 Å². The number of benzene rings is 9. The molecular weight excluding hydrogens is 883 g/mol. The Morgan fingerprint density at radius 1 is 0.286 bits per heavy atom. The predicted molar refractivity (Wildman–Crippen MR) is 278 cm³/mol. The van der Waals surface area contributed by atoms with Crippen molar-refractivity contribution in [3.63, 3.8) is 0 Å². The van der Waals surface area contributed by atoms with E-state index in [1.165, 1.54) is 24.3 Å². The summed E-state index contributed by atoms with van der Waals surface area (Å²) in [6.45, 7) is 0. The first-order valence-electron chi connectivity index (χ1n) is 22.7. The summed E-state index contributed by atoms with van der Waals surface area (Å²) in [6, 6.07) is 70.5. The van der Waals surface area contributed by atoms with Crippen LogP contribution in [0.3, 0.4) is 0 Å². The SMILES string of the molecule is FC(F)(F)c1ccc(-c2cc(/C=C\c3ccc(C=C(c4ccccc4)c4ccccc4)cc3)c(-c3ccc(C(F)(F)F)cc3)cc2/C=C\c2ccc(C=C(c3ccccc3)c3ccccc3)cc2)cc1. The molecule has 0 aliphatic carbocycles. The maximum Gasteiger partial charge on any atom is 0.416 e. The van der Waals surface area contributed by atoms with Crippen LogP contribution in [0.5, 0.6) is 0 Å². The molecule has 0 bridgehead atoms. The van der Waals surface area contributed by atoms with E-state index < -0.39 is 23.5 Å². The Hall–Kier alpha value is -8.48. The second-order valence-electron chi connectivity index (χ2n) is 16.8. The first-order chi connectivity index (χ1) is 33.9. The molecule has 0 fully saturated rings. The third-order valence-corrected chi connectivity index (χ3v) is 12.0. The summed E-state index contributed by atoms with van der Waals surface area (Å²) >= 11 is 0. The molecule has 70 heavy (non-hydrogen) atoms. The molecule has 9 aromatic carbocycles. The molecule has 0 aliphatic heterocycles. The predicted octanol–water partition coefficient (Wildman–Crippen LogP) is 18.6. The highest BCUT2D eigenvalue weighted by atomic mass is 19.4. The van der Waals surface area contributed by atoms with Gasteiger partial charge >= 0.3 is 12.4 Å². The molecule has 0 unspecified atom stereocenters. The number of alkyl halides is 6. The van der Waals surface area contributed by atoms with Crippen LogP contribution in [0.25, 0.3) is 69.9 Å². The van der Waals surface area contributed by atoms with Gasteiger partial charge in [0.2, 0.25) is 0 Å². The van der Waals surface area contributed by atoms with Crippen LogP contribution < -0.4 is 0 Å². The van der Waals surface area contributed by atoms with Gasteiger partial charge in [0.1, 0.15) is 0 Å². The smallest absolute Gasteiger partial charge is 0.166 e. The summed E-state index contributed by atoms with van der Waals surface area (Å²) in [4.78, 5) is 0. The number of rotatable bonds is 12. The van der Waals surface area contributed by atoms with Gasteiger partial charge in [-0.25, -0.2) is 0 Å². The van der Waals surface area contributed by atoms with Crippen molar-refractivity contribution in [3.8, 4) is 22.3 Å². The minimum atomic E-state index is -4.53. The fraction of sp³-hybridized carbons (Fsp3) is 0.0312. The topological polar surface area (TPSA) is 0 Å². The van der Waals surface area contributed by atoms with E-state index in [0.29, 0.717) is 33.4 Å². The molecule has 0 heterocycles. The third kappa shape index (κ3) is 11.4. The van der Waals surface area contributed by atoms with Crippen LogP contribution in [-0.4, -0.2) is 0 Å². The normalized spacial score (nSPS) is 11.7. The molecule has 0 amide bonds. The standard InChI is InChI=1S/C64H44F6/c65-63(66,67)57-37-33-53(34-38-57)61-44-56(32-30-46-23-27-48(28-24-46)42-60(51-17-9-3-10-18-51)52-19-11-4-12-20-52)62(54-35-39-58(40-36-54)64(68,69)70)43-55(61)31-29-45-21-25-47(26-22-45)41-59(49-13-5-1-6-14-49)50-15-7-2-8-16-50/h1-44H/b31-29-,32-30-. The van der Waals surface area contributed by atoms with Crippen molar-refractivity contribution in [1.82, 2.24) is 0 Å². The van der Waals surface area contributed by atoms with E-state index in [1.807, 2.05) is 158 Å². The monoisotopic (exact) mass is 926 g/mol. The lowest BCUT2D eigenvalue weighted by Gasteiger charge is -2.16. The average Bonchev–Trinajstić information content (AvgIpc) is 3.39. The third-order valence-electron chi connectivity index (χ3n) is 12.0. The van der Waals surface area contributed by atoms with Gasteiger partial charge in [-0.1, -0.05) is 218 Å². The number of hydrogen-bond donors (Lipinski definition) is 0. The fourth-order valence-corrected chi connectivity index (χ4v) is 8.34. The van der Waals surface area contributed by atoms with Crippen LogP contribution in [0.1, 0.15) is 66.8 Å². The van der Waals surface area contributed by atoms with Gasteiger partial charge in [-0.3, -0.25) is 0 Å². The quantitative estimate of drug-likeness (QED) is 0.0846. The van der Waals surface area contributed by atoms with Crippen molar-refractivity contribution in [2.75, 3.05) is 0 Å². The van der Waals surface area contributed by atoms with Gasteiger partial charge < -0.3 is 0 Å². The highest BCUT2D eigenvalue weighted by Gasteiger charge is 2.31. The largest absolute Gasteiger partial charge is 0.416 e. The Kier molecular flexibility index (Phi) is 13.9. The van der Waals surface area contributed by atoms with Crippen molar-refractivity contribution >= 4 is 47.6 Å². The summed E-state index contributed by atoms with van der Waals surface area (Å²) in [6.07, 6.45) is 2.87. The van der Waals surface area contributed by atoms with E-state index in [0.717, 1.165) is 79.9 Å². The second-order valence-corrected chi connectivity index (χ2v) is 16.8. The Morgan fingerprint density at radius 2 is 0.557 bits per heavy atom. The van der Waals surface area contributed by atoms with Gasteiger partial charge in [-0.15, -0.1) is 0 Å². The summed E-state index contributed by atoms with van der Waals surface area (Å²) in [7, 11) is 0. The lowest BCUT2D eigenvalue weighted by molar-refractivity contribution is -0.138. The van der Waals surface area contributed by atoms with Crippen LogP contribution >= 0.6 is 0 Å². The molecule has 9 rings (SSSR count). The summed E-state index contributed by atoms with van der Waals surface area (Å²) in [5.74, 6) is 0. The minimum Gasteiger partial charge on any atom is -0.166 e. The maximum absolute atomic E-state index is 13.8. The van der Waals surface area contributed by atoms with Crippen molar-refractivity contribution in [2.45, 2.75) is 12.4 Å². The molecule has 0 nitrogen and oxygen atoms in total. The first kappa shape index (κ1) is 46.6. The molecule has 0 spiro atoms. The van der Waals surface area contributed by atoms with Gasteiger partial charge in [0.05, 0.1) is 11.1 Å². The van der Waals surface area contributed by atoms with E-state index in [4.69, 9.17) is 0 Å². The molecule has 9 aromatic rings. The lowest BCUT2D eigenvalue weighted by Crippen LogP contribution is -2.04. The Balaban J connectivity index is 1.10. The summed E-state index contributed by atoms with van der Waals surface area (Å²) in [5.41, 5.74) is 12.3. The molecule has 342 valence electrons. The Labute approximate surface area is 404 Å². The van der Waals surface area contributed by atoms with Gasteiger partial charge in [-0.2, -0.15) is 26.3 Å². The van der Waals surface area contributed by atoms with E-state index in [-0.39, 0.29) is 0 Å². The van der Waals surface area contributed by atoms with Gasteiger partial charge in [0.25, 0.3) is 0 Å². The lowest BCUT2D eigenvalue weighted by atomic mass is 9.89. The molecular formula is C64H44F6. The minimum absolute atomic E-state index is 0.542. The second kappa shape index (κ2) is 20.8. The molecule has 0 saturated heterocycles. The van der Waals surface area contributed by atoms with Crippen molar-refractivity contribution < 1.29 is 26.3 Å². The van der Waals surface area contributed by atoms with E-state index in [2.05, 4.69) is 60.7 Å². The van der Waals surface area contributed by atoms with Crippen LogP contribution in [0, 0.1) is 0 Å². The highest BCUT2D eigenvalue weighted by Crippen LogP contribution is 2.39. The van der Waals surface area contributed by atoms with Gasteiger partial charge in [0, 0.05) is 0 Å². The van der Waals surface area contributed by atoms with E-state index in [1.54, 1.807) is 0 Å². The first-order valence-corrected chi connectivity index (χ1v) is 22.7. The van der Waals surface area contributed by atoms with Crippen LogP contribution in [0.15, 0.2) is 231 Å². The fourth-order valence-electron chi connectivity index (χ4n) is 8.34. The van der Waals surface area contributed by atoms with Crippen LogP contribution in [0.2, 0.25) is 0 Å². The van der Waals surface area contributed by atoms with Crippen LogP contribution in [-0.2, 0) is 12.4 Å².